The van der Waals surface area contributed by atoms with E-state index in [4.69, 9.17) is 0 Å². The van der Waals surface area contributed by atoms with Crippen molar-refractivity contribution in [2.24, 2.45) is 0 Å². The van der Waals surface area contributed by atoms with Crippen molar-refractivity contribution in [3.63, 3.8) is 0 Å². The summed E-state index contributed by atoms with van der Waals surface area (Å²) in [6.45, 7) is 0. The summed E-state index contributed by atoms with van der Waals surface area (Å²) in [4.78, 5) is 14.6. The number of hydrazine groups is 1. The van der Waals surface area contributed by atoms with Crippen LogP contribution in [0.1, 0.15) is 23.2 Å². The second-order valence-corrected chi connectivity index (χ2v) is 4.84. The van der Waals surface area contributed by atoms with Crippen LogP contribution in [0.4, 0.5) is 5.69 Å². The van der Waals surface area contributed by atoms with Crippen LogP contribution in [0.5, 0.6) is 0 Å². The number of benzene rings is 1. The summed E-state index contributed by atoms with van der Waals surface area (Å²) in [6.07, 6.45) is 0.896. The third kappa shape index (κ3) is 2.62. The number of hydrogen-bond acceptors (Lipinski definition) is 6. The first-order valence-electron chi connectivity index (χ1n) is 6.51. The largest absolute Gasteiger partial charge is 0.377 e. The maximum atomic E-state index is 10.7. The van der Waals surface area contributed by atoms with Crippen molar-refractivity contribution in [1.29, 1.82) is 0 Å². The fourth-order valence-corrected chi connectivity index (χ4v) is 2.55. The number of nitrogens with zero attached hydrogens (tertiary/aromatic N) is 2. The molecule has 3 atom stereocenters. The lowest BCUT2D eigenvalue weighted by Crippen LogP contribution is -2.31. The minimum absolute atomic E-state index is 0.0292. The lowest BCUT2D eigenvalue weighted by atomic mass is 9.89. The minimum Gasteiger partial charge on any atom is -0.377 e. The first kappa shape index (κ1) is 13.6. The molecule has 3 unspecified atom stereocenters. The van der Waals surface area contributed by atoms with Crippen molar-refractivity contribution in [3.05, 3.63) is 70.0 Å². The molecule has 2 aromatic rings. The number of nitro benzene ring substituents is 1. The van der Waals surface area contributed by atoms with Crippen LogP contribution < -0.4 is 10.9 Å². The minimum atomic E-state index is -0.793. The number of hydrogen-bond donors (Lipinski definition) is 3. The lowest BCUT2D eigenvalue weighted by Gasteiger charge is -2.20. The Morgan fingerprint density at radius 1 is 1.14 bits per heavy atom. The highest BCUT2D eigenvalue weighted by Gasteiger charge is 2.37. The molecule has 0 amide bonds. The van der Waals surface area contributed by atoms with Crippen LogP contribution in [-0.2, 0) is 0 Å². The van der Waals surface area contributed by atoms with E-state index in [9.17, 15) is 15.2 Å². The first-order valence-corrected chi connectivity index (χ1v) is 6.51. The Labute approximate surface area is 120 Å². The monoisotopic (exact) mass is 286 g/mol. The van der Waals surface area contributed by atoms with E-state index in [0.717, 1.165) is 11.3 Å². The molecule has 108 valence electrons. The molecule has 0 saturated carbocycles. The molecule has 1 aliphatic heterocycles. The van der Waals surface area contributed by atoms with Gasteiger partial charge in [-0.3, -0.25) is 15.1 Å². The number of pyridine rings is 1. The smallest absolute Gasteiger partial charge is 0.269 e. The molecule has 0 spiro atoms. The third-order valence-corrected chi connectivity index (χ3v) is 3.58. The van der Waals surface area contributed by atoms with E-state index >= 15 is 0 Å². The zero-order valence-electron chi connectivity index (χ0n) is 11.0. The molecule has 1 fully saturated rings. The fourth-order valence-electron chi connectivity index (χ4n) is 2.55. The van der Waals surface area contributed by atoms with Gasteiger partial charge in [-0.25, -0.2) is 10.9 Å². The molecule has 3 N–H and O–H groups in total. The van der Waals surface area contributed by atoms with E-state index in [0.29, 0.717) is 0 Å². The number of nitrogens with one attached hydrogen (secondary N) is 2. The molecule has 1 saturated heterocycles. The van der Waals surface area contributed by atoms with Crippen LogP contribution >= 0.6 is 0 Å². The van der Waals surface area contributed by atoms with E-state index in [1.807, 2.05) is 18.2 Å². The van der Waals surface area contributed by atoms with Gasteiger partial charge in [0, 0.05) is 24.2 Å². The Kier molecular flexibility index (Phi) is 3.61. The van der Waals surface area contributed by atoms with Gasteiger partial charge in [-0.05, 0) is 17.7 Å². The third-order valence-electron chi connectivity index (χ3n) is 3.58. The fraction of sp³-hybridized carbons (Fsp3) is 0.214. The predicted molar refractivity (Wildman–Crippen MR) is 75.1 cm³/mol. The van der Waals surface area contributed by atoms with Crippen LogP contribution in [0.15, 0.2) is 48.7 Å². The zero-order chi connectivity index (χ0) is 14.8. The average molecular weight is 286 g/mol. The van der Waals surface area contributed by atoms with Gasteiger partial charge in [0.2, 0.25) is 0 Å². The molecule has 3 rings (SSSR count). The molecule has 1 aromatic heterocycles. The second kappa shape index (κ2) is 5.57. The molecular weight excluding hydrogens is 272 g/mol. The van der Waals surface area contributed by atoms with Gasteiger partial charge < -0.3 is 5.11 Å². The molecular formula is C14H14N4O3. The highest BCUT2D eigenvalue weighted by atomic mass is 16.6. The molecule has 2 heterocycles. The SMILES string of the molecule is O=[N+]([O-])c1ccc(C2C(O)NNC2c2ccccn2)cc1. The molecule has 7 nitrogen and oxygen atoms in total. The molecule has 0 aliphatic carbocycles. The van der Waals surface area contributed by atoms with E-state index in [1.165, 1.54) is 12.1 Å². The van der Waals surface area contributed by atoms with Crippen molar-refractivity contribution in [1.82, 2.24) is 15.8 Å². The van der Waals surface area contributed by atoms with E-state index in [2.05, 4.69) is 15.8 Å². The number of aromatic nitrogens is 1. The van der Waals surface area contributed by atoms with Crippen LogP contribution in [0.3, 0.4) is 0 Å². The van der Waals surface area contributed by atoms with Gasteiger partial charge in [-0.15, -0.1) is 0 Å². The predicted octanol–water partition coefficient (Wildman–Crippen LogP) is 1.24. The lowest BCUT2D eigenvalue weighted by molar-refractivity contribution is -0.384. The number of aliphatic hydroxyl groups excluding tert-OH is 1. The summed E-state index contributed by atoms with van der Waals surface area (Å²) in [5.41, 5.74) is 7.43. The Morgan fingerprint density at radius 2 is 1.90 bits per heavy atom. The average Bonchev–Trinajstić information content (AvgIpc) is 2.90. The zero-order valence-corrected chi connectivity index (χ0v) is 11.0. The number of non-ortho nitro benzene ring substituents is 1. The first-order chi connectivity index (χ1) is 10.2. The van der Waals surface area contributed by atoms with Crippen molar-refractivity contribution in [2.45, 2.75) is 18.2 Å². The molecule has 0 bridgehead atoms. The van der Waals surface area contributed by atoms with E-state index in [-0.39, 0.29) is 17.6 Å². The van der Waals surface area contributed by atoms with Gasteiger partial charge in [0.25, 0.3) is 5.69 Å². The number of aliphatic hydroxyl groups is 1. The van der Waals surface area contributed by atoms with Gasteiger partial charge in [0.15, 0.2) is 0 Å². The Hall–Kier alpha value is -2.35. The summed E-state index contributed by atoms with van der Waals surface area (Å²) in [6, 6.07) is 11.6. The summed E-state index contributed by atoms with van der Waals surface area (Å²) in [5, 5.41) is 20.8. The standard InChI is InChI=1S/C14H14N4O3/c19-14-12(9-4-6-10(7-5-9)18(20)21)13(16-17-14)11-3-1-2-8-15-11/h1-8,12-14,16-17,19H. The summed E-state index contributed by atoms with van der Waals surface area (Å²) in [7, 11) is 0. The van der Waals surface area contributed by atoms with Crippen LogP contribution in [0.2, 0.25) is 0 Å². The van der Waals surface area contributed by atoms with Crippen LogP contribution in [-0.4, -0.2) is 21.2 Å². The quantitative estimate of drug-likeness (QED) is 0.580. The molecule has 7 heteroatoms. The second-order valence-electron chi connectivity index (χ2n) is 4.84. The van der Waals surface area contributed by atoms with Crippen molar-refractivity contribution >= 4 is 5.69 Å². The van der Waals surface area contributed by atoms with Crippen molar-refractivity contribution < 1.29 is 10.0 Å². The highest BCUT2D eigenvalue weighted by Crippen LogP contribution is 2.35. The van der Waals surface area contributed by atoms with Crippen LogP contribution in [0, 0.1) is 10.1 Å². The molecule has 0 radical (unpaired) electrons. The Bertz CT molecular complexity index is 632. The van der Waals surface area contributed by atoms with Gasteiger partial charge >= 0.3 is 0 Å². The highest BCUT2D eigenvalue weighted by molar-refractivity contribution is 5.36. The summed E-state index contributed by atoms with van der Waals surface area (Å²) in [5.74, 6) is -0.277. The van der Waals surface area contributed by atoms with Gasteiger partial charge in [-0.2, -0.15) is 0 Å². The normalized spacial score (nSPS) is 24.9. The molecule has 21 heavy (non-hydrogen) atoms. The maximum Gasteiger partial charge on any atom is 0.269 e. The summed E-state index contributed by atoms with van der Waals surface area (Å²) < 4.78 is 0. The van der Waals surface area contributed by atoms with E-state index in [1.54, 1.807) is 18.3 Å². The number of rotatable bonds is 3. The maximum absolute atomic E-state index is 10.7. The van der Waals surface area contributed by atoms with Gasteiger partial charge in [-0.1, -0.05) is 18.2 Å². The van der Waals surface area contributed by atoms with Crippen molar-refractivity contribution in [3.8, 4) is 0 Å². The Balaban J connectivity index is 1.92. The molecule has 1 aromatic carbocycles. The van der Waals surface area contributed by atoms with Gasteiger partial charge in [0.1, 0.15) is 6.23 Å². The topological polar surface area (TPSA) is 100 Å². The van der Waals surface area contributed by atoms with Crippen molar-refractivity contribution in [2.75, 3.05) is 0 Å². The summed E-state index contributed by atoms with van der Waals surface area (Å²) >= 11 is 0. The number of nitro groups is 1. The van der Waals surface area contributed by atoms with E-state index < -0.39 is 11.2 Å². The Morgan fingerprint density at radius 3 is 2.52 bits per heavy atom. The van der Waals surface area contributed by atoms with Gasteiger partial charge in [0.05, 0.1) is 16.7 Å². The van der Waals surface area contributed by atoms with Crippen LogP contribution in [0.25, 0.3) is 0 Å². The molecule has 1 aliphatic rings.